The molecule has 0 bridgehead atoms. The first kappa shape index (κ1) is 43.8. The molecule has 41 heavy (non-hydrogen) atoms. The second kappa shape index (κ2) is 22.0. The first-order valence-corrected chi connectivity index (χ1v) is 12.6. The first-order chi connectivity index (χ1) is 17.6. The average molecular weight is 668 g/mol. The Morgan fingerprint density at radius 3 is 2.00 bits per heavy atom. The van der Waals surface area contributed by atoms with E-state index in [2.05, 4.69) is 12.4 Å². The lowest BCUT2D eigenvalue weighted by Crippen LogP contribution is -2.52. The Morgan fingerprint density at radius 1 is 0.854 bits per heavy atom. The molecule has 0 aliphatic rings. The number of Topliss-reactive ketones (excluding diaryl/α,β-unsaturated/α-hetero) is 1. The quantitative estimate of drug-likeness (QED) is 0.161. The number of quaternary nitrogens is 1. The van der Waals surface area contributed by atoms with Gasteiger partial charge in [-0.15, -0.1) is 49.6 Å². The highest BCUT2D eigenvalue weighted by molar-refractivity contribution is 5.92. The molecule has 2 aromatic carbocycles. The van der Waals surface area contributed by atoms with E-state index in [0.717, 1.165) is 37.3 Å². The summed E-state index contributed by atoms with van der Waals surface area (Å²) in [6, 6.07) is 9.35. The topological polar surface area (TPSA) is 124 Å². The largest absolute Gasteiger partial charge is 0.345 e. The number of hydrogen-bond donors (Lipinski definition) is 4. The fraction of sp³-hybridized carbons (Fsp3) is 0.481. The van der Waals surface area contributed by atoms with Gasteiger partial charge in [0.25, 0.3) is 0 Å². The number of nitrogens with two attached hydrogens (primary N) is 3. The summed E-state index contributed by atoms with van der Waals surface area (Å²) in [5.74, 6) is -5.39. The Labute approximate surface area is 265 Å². The van der Waals surface area contributed by atoms with Gasteiger partial charge in [0, 0.05) is 19.5 Å². The number of carbonyl (C=O) groups excluding carboxylic acids is 2. The number of nitrogens with zero attached hydrogens (tertiary/aromatic N) is 1. The lowest BCUT2D eigenvalue weighted by atomic mass is 9.97. The van der Waals surface area contributed by atoms with Gasteiger partial charge in [-0.25, -0.2) is 13.2 Å². The van der Waals surface area contributed by atoms with Crippen LogP contribution in [0.25, 0.3) is 0 Å². The van der Waals surface area contributed by atoms with Crippen molar-refractivity contribution in [2.24, 2.45) is 17.2 Å². The Kier molecular flexibility index (Phi) is 23.5. The number of nitrogens with one attached hydrogen (secondary N) is 1. The van der Waals surface area contributed by atoms with Gasteiger partial charge >= 0.3 is 0 Å². The van der Waals surface area contributed by atoms with Crippen LogP contribution in [0.1, 0.15) is 30.4 Å². The maximum atomic E-state index is 14.2. The summed E-state index contributed by atoms with van der Waals surface area (Å²) in [7, 11) is 2.06. The monoisotopic (exact) mass is 666 g/mol. The molecule has 0 fully saturated rings. The molecule has 7 N–H and O–H groups in total. The molecule has 0 aliphatic carbocycles. The van der Waals surface area contributed by atoms with Gasteiger partial charge in [-0.1, -0.05) is 36.4 Å². The Morgan fingerprint density at radius 2 is 1.44 bits per heavy atom. The van der Waals surface area contributed by atoms with Crippen molar-refractivity contribution in [2.45, 2.75) is 44.2 Å². The smallest absolute Gasteiger partial charge is 0.237 e. The van der Waals surface area contributed by atoms with Crippen LogP contribution in [0.4, 0.5) is 13.2 Å². The summed E-state index contributed by atoms with van der Waals surface area (Å²) in [5, 5.41) is 2.70. The van der Waals surface area contributed by atoms with Crippen LogP contribution in [0, 0.1) is 17.5 Å². The van der Waals surface area contributed by atoms with Crippen molar-refractivity contribution in [1.29, 1.82) is 0 Å². The van der Waals surface area contributed by atoms with E-state index in [9.17, 15) is 22.8 Å². The maximum Gasteiger partial charge on any atom is 0.237 e. The summed E-state index contributed by atoms with van der Waals surface area (Å²) >= 11 is 0. The molecule has 0 aromatic heterocycles. The highest BCUT2D eigenvalue weighted by Crippen LogP contribution is 2.17. The highest BCUT2D eigenvalue weighted by Gasteiger charge is 2.26. The molecule has 2 rings (SSSR count). The van der Waals surface area contributed by atoms with Gasteiger partial charge in [0.1, 0.15) is 0 Å². The minimum Gasteiger partial charge on any atom is -0.345 e. The molecule has 0 saturated heterocycles. The number of benzene rings is 2. The lowest BCUT2D eigenvalue weighted by Gasteiger charge is -2.34. The van der Waals surface area contributed by atoms with E-state index in [1.165, 1.54) is 0 Å². The molecule has 2 aromatic rings. The van der Waals surface area contributed by atoms with Crippen molar-refractivity contribution in [2.75, 3.05) is 39.8 Å². The number of aryl methyl sites for hydroxylation is 1. The number of ketones is 1. The molecular weight excluding hydrogens is 625 g/mol. The van der Waals surface area contributed by atoms with Crippen LogP contribution in [0.5, 0.6) is 0 Å². The van der Waals surface area contributed by atoms with Crippen LogP contribution in [0.2, 0.25) is 0 Å². The molecule has 0 spiro atoms. The third-order valence-corrected chi connectivity index (χ3v) is 6.64. The number of amides is 1. The minimum absolute atomic E-state index is 0. The zero-order chi connectivity index (χ0) is 27.4. The van der Waals surface area contributed by atoms with Crippen LogP contribution >= 0.6 is 49.6 Å². The average Bonchev–Trinajstić information content (AvgIpc) is 2.87. The second-order valence-electron chi connectivity index (χ2n) is 9.68. The fourth-order valence-corrected chi connectivity index (χ4v) is 4.34. The second-order valence-corrected chi connectivity index (χ2v) is 9.68. The number of carbonyl (C=O) groups is 2. The summed E-state index contributed by atoms with van der Waals surface area (Å²) in [6.07, 6.45) is 1.28. The predicted octanol–water partition coefficient (Wildman–Crippen LogP) is 3.49. The van der Waals surface area contributed by atoms with E-state index in [4.69, 9.17) is 17.2 Å². The molecule has 0 unspecified atom stereocenters. The van der Waals surface area contributed by atoms with Crippen molar-refractivity contribution in [3.63, 3.8) is 0 Å². The molecule has 0 saturated carbocycles. The standard InChI is InChI=1S/C27H38F3N5O2.4ClH/c1-35(16-13-31,17-14-32)15-5-8-22(33)27(37)34-23(12-9-19-6-3-2-4-7-19)24(36)18-20-10-11-21(28)26(30)25(20)29;;;;/h2-4,6-7,10-11,22-23H,5,8-9,12-18,31-33H2,1H3;4*1H/p+1/t22-,23-;;;;/m0..../s1. The predicted molar refractivity (Wildman–Crippen MR) is 167 cm³/mol. The highest BCUT2D eigenvalue weighted by atomic mass is 35.5. The minimum atomic E-state index is -1.63. The third-order valence-electron chi connectivity index (χ3n) is 6.64. The molecule has 0 aliphatic heterocycles. The van der Waals surface area contributed by atoms with Crippen LogP contribution in [0.15, 0.2) is 42.5 Å². The van der Waals surface area contributed by atoms with E-state index in [-0.39, 0.29) is 61.6 Å². The first-order valence-electron chi connectivity index (χ1n) is 12.6. The third kappa shape index (κ3) is 14.4. The van der Waals surface area contributed by atoms with Crippen molar-refractivity contribution >= 4 is 61.3 Å². The van der Waals surface area contributed by atoms with Crippen LogP contribution in [-0.2, 0) is 22.4 Å². The van der Waals surface area contributed by atoms with Gasteiger partial charge in [-0.3, -0.25) is 9.59 Å². The van der Waals surface area contributed by atoms with E-state index in [1.54, 1.807) is 0 Å². The Balaban J connectivity index is -0.00000361. The molecule has 0 heterocycles. The maximum absolute atomic E-state index is 14.2. The van der Waals surface area contributed by atoms with Gasteiger partial charge in [0.2, 0.25) is 5.91 Å². The number of likely N-dealkylation sites (N-methyl/N-ethyl adjacent to an activating group) is 1. The molecule has 14 heteroatoms. The summed E-state index contributed by atoms with van der Waals surface area (Å²) in [4.78, 5) is 25.9. The van der Waals surface area contributed by atoms with Crippen molar-refractivity contribution in [1.82, 2.24) is 5.32 Å². The molecule has 7 nitrogen and oxygen atoms in total. The van der Waals surface area contributed by atoms with E-state index in [1.807, 2.05) is 30.3 Å². The van der Waals surface area contributed by atoms with Gasteiger partial charge < -0.3 is 27.0 Å². The molecule has 0 radical (unpaired) electrons. The van der Waals surface area contributed by atoms with Gasteiger partial charge in [0.05, 0.1) is 38.8 Å². The zero-order valence-corrected chi connectivity index (χ0v) is 26.3. The number of halogens is 7. The SMILES string of the molecule is C[N+](CCN)(CCN)CCC[C@H](N)C(=O)N[C@@H](CCc1ccccc1)C(=O)Cc1ccc(F)c(F)c1F.Cl.Cl.Cl.Cl. The van der Waals surface area contributed by atoms with Gasteiger partial charge in [-0.2, -0.15) is 0 Å². The summed E-state index contributed by atoms with van der Waals surface area (Å²) < 4.78 is 41.8. The molecule has 236 valence electrons. The lowest BCUT2D eigenvalue weighted by molar-refractivity contribution is -0.907. The Hall–Kier alpha value is -1.63. The normalized spacial score (nSPS) is 12.0. The van der Waals surface area contributed by atoms with Crippen LogP contribution in [0.3, 0.4) is 0 Å². The van der Waals surface area contributed by atoms with E-state index in [0.29, 0.717) is 36.8 Å². The molecule has 1 amide bonds. The van der Waals surface area contributed by atoms with Crippen molar-refractivity contribution < 1.29 is 27.2 Å². The molecule has 2 atom stereocenters. The van der Waals surface area contributed by atoms with E-state index >= 15 is 0 Å². The zero-order valence-electron chi connectivity index (χ0n) is 23.0. The van der Waals surface area contributed by atoms with E-state index < -0.39 is 47.6 Å². The molecular formula is C27H43Cl4F3N5O2+. The summed E-state index contributed by atoms with van der Waals surface area (Å²) in [5.41, 5.74) is 18.2. The van der Waals surface area contributed by atoms with Crippen molar-refractivity contribution in [3.05, 3.63) is 71.0 Å². The van der Waals surface area contributed by atoms with Crippen LogP contribution in [-0.4, -0.2) is 68.0 Å². The Bertz CT molecular complexity index is 1040. The fourth-order valence-electron chi connectivity index (χ4n) is 4.34. The number of rotatable bonds is 16. The van der Waals surface area contributed by atoms with Crippen LogP contribution < -0.4 is 22.5 Å². The number of hydrogen-bond acceptors (Lipinski definition) is 5. The van der Waals surface area contributed by atoms with Gasteiger partial charge in [0.15, 0.2) is 23.2 Å². The van der Waals surface area contributed by atoms with Gasteiger partial charge in [-0.05, 0) is 42.9 Å². The van der Waals surface area contributed by atoms with Crippen molar-refractivity contribution in [3.8, 4) is 0 Å². The summed E-state index contributed by atoms with van der Waals surface area (Å²) in [6.45, 7) is 3.31.